The molecule has 2 amide bonds. The Labute approximate surface area is 148 Å². The lowest BCUT2D eigenvalue weighted by atomic mass is 9.95. The summed E-state index contributed by atoms with van der Waals surface area (Å²) in [4.78, 5) is 37.3. The maximum atomic E-state index is 12.4. The van der Waals surface area contributed by atoms with Gasteiger partial charge in [0.1, 0.15) is 0 Å². The van der Waals surface area contributed by atoms with Crippen LogP contribution in [0, 0.1) is 5.92 Å². The Hall–Kier alpha value is -2.37. The Balaban J connectivity index is 1.82. The van der Waals surface area contributed by atoms with E-state index in [-0.39, 0.29) is 29.7 Å². The molecule has 1 aliphatic rings. The zero-order valence-corrected chi connectivity index (χ0v) is 14.7. The van der Waals surface area contributed by atoms with Crippen LogP contribution in [0.5, 0.6) is 0 Å². The molecule has 2 N–H and O–H groups in total. The van der Waals surface area contributed by atoms with Gasteiger partial charge >= 0.3 is 5.97 Å². The van der Waals surface area contributed by atoms with Crippen LogP contribution < -0.4 is 5.32 Å². The van der Waals surface area contributed by atoms with Crippen molar-refractivity contribution in [3.05, 3.63) is 35.4 Å². The molecule has 2 rings (SSSR count). The number of nitrogens with one attached hydrogen (secondary N) is 1. The molecule has 0 unspecified atom stereocenters. The van der Waals surface area contributed by atoms with Crippen molar-refractivity contribution < 1.29 is 19.5 Å². The number of rotatable bonds is 7. The summed E-state index contributed by atoms with van der Waals surface area (Å²) in [6, 6.07) is 6.46. The van der Waals surface area contributed by atoms with E-state index in [0.717, 1.165) is 12.8 Å². The fraction of sp³-hybridized carbons (Fsp3) is 0.526. The smallest absolute Gasteiger partial charge is 0.335 e. The monoisotopic (exact) mass is 346 g/mol. The van der Waals surface area contributed by atoms with Crippen LogP contribution in [-0.4, -0.2) is 47.4 Å². The summed E-state index contributed by atoms with van der Waals surface area (Å²) in [5, 5.41) is 12.0. The van der Waals surface area contributed by atoms with E-state index in [2.05, 4.69) is 12.2 Å². The summed E-state index contributed by atoms with van der Waals surface area (Å²) < 4.78 is 0. The third-order valence-electron chi connectivity index (χ3n) is 4.58. The third kappa shape index (κ3) is 5.59. The minimum absolute atomic E-state index is 0.0174. The van der Waals surface area contributed by atoms with E-state index in [9.17, 15) is 14.4 Å². The lowest BCUT2D eigenvalue weighted by molar-refractivity contribution is -0.135. The predicted molar refractivity (Wildman–Crippen MR) is 94.3 cm³/mol. The average Bonchev–Trinajstić information content (AvgIpc) is 2.62. The van der Waals surface area contributed by atoms with E-state index < -0.39 is 5.97 Å². The van der Waals surface area contributed by atoms with E-state index in [0.29, 0.717) is 38.0 Å². The molecule has 136 valence electrons. The fourth-order valence-electron chi connectivity index (χ4n) is 3.02. The van der Waals surface area contributed by atoms with E-state index >= 15 is 0 Å². The molecular formula is C19H26N2O4. The largest absolute Gasteiger partial charge is 0.478 e. The number of piperidine rings is 1. The van der Waals surface area contributed by atoms with Gasteiger partial charge in [-0.25, -0.2) is 4.79 Å². The second kappa shape index (κ2) is 9.20. The van der Waals surface area contributed by atoms with Gasteiger partial charge in [0.2, 0.25) is 11.8 Å². The molecule has 6 nitrogen and oxygen atoms in total. The Morgan fingerprint density at radius 2 is 1.96 bits per heavy atom. The van der Waals surface area contributed by atoms with Crippen LogP contribution in [-0.2, 0) is 16.0 Å². The Morgan fingerprint density at radius 3 is 2.60 bits per heavy atom. The molecular weight excluding hydrogens is 320 g/mol. The van der Waals surface area contributed by atoms with Gasteiger partial charge < -0.3 is 15.3 Å². The summed E-state index contributed by atoms with van der Waals surface area (Å²) in [5.41, 5.74) is 0.886. The summed E-state index contributed by atoms with van der Waals surface area (Å²) in [5.74, 6) is -0.942. The molecule has 0 radical (unpaired) electrons. The molecule has 25 heavy (non-hydrogen) atoms. The fourth-order valence-corrected chi connectivity index (χ4v) is 3.02. The lowest BCUT2D eigenvalue weighted by Gasteiger charge is -2.31. The van der Waals surface area contributed by atoms with E-state index in [1.165, 1.54) is 12.1 Å². The molecule has 1 aromatic rings. The first-order valence-corrected chi connectivity index (χ1v) is 8.89. The van der Waals surface area contributed by atoms with Crippen LogP contribution in [0.1, 0.15) is 48.5 Å². The Kier molecular flexibility index (Phi) is 6.98. The van der Waals surface area contributed by atoms with Crippen LogP contribution in [0.15, 0.2) is 24.3 Å². The second-order valence-electron chi connectivity index (χ2n) is 6.48. The number of carboxylic acid groups (broad SMARTS) is 1. The number of hydrogen-bond acceptors (Lipinski definition) is 3. The van der Waals surface area contributed by atoms with Crippen molar-refractivity contribution in [1.82, 2.24) is 10.2 Å². The first-order chi connectivity index (χ1) is 12.0. The van der Waals surface area contributed by atoms with Crippen molar-refractivity contribution in [2.75, 3.05) is 19.6 Å². The highest BCUT2D eigenvalue weighted by atomic mass is 16.4. The van der Waals surface area contributed by atoms with Crippen LogP contribution in [0.2, 0.25) is 0 Å². The first-order valence-electron chi connectivity index (χ1n) is 8.89. The summed E-state index contributed by atoms with van der Waals surface area (Å²) in [7, 11) is 0. The number of amides is 2. The van der Waals surface area contributed by atoms with Crippen LogP contribution in [0.3, 0.4) is 0 Å². The van der Waals surface area contributed by atoms with Gasteiger partial charge in [-0.1, -0.05) is 25.5 Å². The lowest BCUT2D eigenvalue weighted by Crippen LogP contribution is -2.43. The van der Waals surface area contributed by atoms with Crippen molar-refractivity contribution in [2.45, 2.75) is 39.0 Å². The van der Waals surface area contributed by atoms with Gasteiger partial charge in [-0.2, -0.15) is 0 Å². The highest BCUT2D eigenvalue weighted by Crippen LogP contribution is 2.18. The molecule has 0 bridgehead atoms. The molecule has 0 aromatic heterocycles. The number of aromatic carboxylic acids is 1. The molecule has 0 spiro atoms. The molecule has 1 aromatic carbocycles. The first kappa shape index (κ1) is 19.0. The van der Waals surface area contributed by atoms with Gasteiger partial charge in [0, 0.05) is 25.6 Å². The van der Waals surface area contributed by atoms with Gasteiger partial charge in [0.05, 0.1) is 12.0 Å². The van der Waals surface area contributed by atoms with Crippen LogP contribution >= 0.6 is 0 Å². The van der Waals surface area contributed by atoms with Gasteiger partial charge in [0.25, 0.3) is 0 Å². The van der Waals surface area contributed by atoms with Crippen LogP contribution in [0.25, 0.3) is 0 Å². The van der Waals surface area contributed by atoms with Crippen molar-refractivity contribution in [3.63, 3.8) is 0 Å². The van der Waals surface area contributed by atoms with Gasteiger partial charge in [-0.15, -0.1) is 0 Å². The second-order valence-corrected chi connectivity index (χ2v) is 6.48. The van der Waals surface area contributed by atoms with Gasteiger partial charge in [-0.3, -0.25) is 9.59 Å². The van der Waals surface area contributed by atoms with Crippen molar-refractivity contribution in [3.8, 4) is 0 Å². The molecule has 0 atom stereocenters. The maximum Gasteiger partial charge on any atom is 0.335 e. The molecule has 6 heteroatoms. The summed E-state index contributed by atoms with van der Waals surface area (Å²) in [6.07, 6.45) is 3.58. The molecule has 0 aliphatic carbocycles. The topological polar surface area (TPSA) is 86.7 Å². The van der Waals surface area contributed by atoms with Crippen molar-refractivity contribution in [2.24, 2.45) is 5.92 Å². The standard InChI is InChI=1S/C19H26N2O4/c1-2-3-9-20-18(23)15-7-10-21(11-8-15)17(22)13-14-5-4-6-16(12-14)19(24)25/h4-6,12,15H,2-3,7-11,13H2,1H3,(H,20,23)(H,24,25). The normalized spacial score (nSPS) is 15.0. The van der Waals surface area contributed by atoms with E-state index in [1.54, 1.807) is 17.0 Å². The number of hydrogen-bond donors (Lipinski definition) is 2. The zero-order chi connectivity index (χ0) is 18.2. The Morgan fingerprint density at radius 1 is 1.24 bits per heavy atom. The van der Waals surface area contributed by atoms with Crippen LogP contribution in [0.4, 0.5) is 0 Å². The molecule has 1 heterocycles. The van der Waals surface area contributed by atoms with E-state index in [4.69, 9.17) is 5.11 Å². The molecule has 0 saturated carbocycles. The molecule has 1 aliphatic heterocycles. The third-order valence-corrected chi connectivity index (χ3v) is 4.58. The minimum atomic E-state index is -0.996. The average molecular weight is 346 g/mol. The highest BCUT2D eigenvalue weighted by Gasteiger charge is 2.27. The van der Waals surface area contributed by atoms with Gasteiger partial charge in [-0.05, 0) is 37.0 Å². The Bertz CT molecular complexity index is 622. The van der Waals surface area contributed by atoms with Crippen molar-refractivity contribution >= 4 is 17.8 Å². The van der Waals surface area contributed by atoms with Gasteiger partial charge in [0.15, 0.2) is 0 Å². The zero-order valence-electron chi connectivity index (χ0n) is 14.7. The van der Waals surface area contributed by atoms with Crippen molar-refractivity contribution in [1.29, 1.82) is 0 Å². The SMILES string of the molecule is CCCCNC(=O)C1CCN(C(=O)Cc2cccc(C(=O)O)c2)CC1. The van der Waals surface area contributed by atoms with E-state index in [1.807, 2.05) is 0 Å². The number of carboxylic acids is 1. The number of likely N-dealkylation sites (tertiary alicyclic amines) is 1. The number of nitrogens with zero attached hydrogens (tertiary/aromatic N) is 1. The number of unbranched alkanes of at least 4 members (excludes halogenated alkanes) is 1. The number of benzene rings is 1. The maximum absolute atomic E-state index is 12.4. The number of carbonyl (C=O) groups excluding carboxylic acids is 2. The number of carbonyl (C=O) groups is 3. The minimum Gasteiger partial charge on any atom is -0.478 e. The molecule has 1 fully saturated rings. The summed E-state index contributed by atoms with van der Waals surface area (Å²) in [6.45, 7) is 3.95. The predicted octanol–water partition coefficient (Wildman–Crippen LogP) is 2.08. The molecule has 1 saturated heterocycles. The highest BCUT2D eigenvalue weighted by molar-refractivity contribution is 5.88. The summed E-state index contributed by atoms with van der Waals surface area (Å²) >= 11 is 0. The quantitative estimate of drug-likeness (QED) is 0.740.